The molecule has 19 heavy (non-hydrogen) atoms. The summed E-state index contributed by atoms with van der Waals surface area (Å²) in [4.78, 5) is 22.6. The van der Waals surface area contributed by atoms with Gasteiger partial charge in [-0.05, 0) is 18.2 Å². The van der Waals surface area contributed by atoms with Gasteiger partial charge in [0.1, 0.15) is 0 Å². The average Bonchev–Trinajstić information content (AvgIpc) is 2.27. The van der Waals surface area contributed by atoms with Crippen LogP contribution in [-0.4, -0.2) is 23.9 Å². The second kappa shape index (κ2) is 6.13. The normalized spacial score (nSPS) is 11.7. The van der Waals surface area contributed by atoms with E-state index < -0.39 is 30.3 Å². The zero-order chi connectivity index (χ0) is 14.8. The van der Waals surface area contributed by atoms with Gasteiger partial charge in [-0.3, -0.25) is 9.59 Å². The molecule has 0 saturated heterocycles. The molecule has 2 nitrogen and oxygen atoms in total. The van der Waals surface area contributed by atoms with E-state index in [9.17, 15) is 27.2 Å². The molecule has 0 fully saturated rings. The minimum absolute atomic E-state index is 0.0281. The molecular formula is C11H6Br2F4O2. The van der Waals surface area contributed by atoms with Crippen LogP contribution in [0.15, 0.2) is 27.1 Å². The Morgan fingerprint density at radius 2 is 1.58 bits per heavy atom. The standard InChI is InChI=1S/C11H6Br2F4O2/c12-6-1-5(2-7(13)3-6)8(18)4-9(19)11(16,17)10(14)15/h1-3,10H,4H2. The molecule has 0 atom stereocenters. The summed E-state index contributed by atoms with van der Waals surface area (Å²) in [6, 6.07) is 4.20. The maximum atomic E-state index is 12.7. The van der Waals surface area contributed by atoms with Crippen molar-refractivity contribution in [3.8, 4) is 0 Å². The molecule has 0 saturated carbocycles. The fourth-order valence-electron chi connectivity index (χ4n) is 1.20. The minimum atomic E-state index is -4.81. The van der Waals surface area contributed by atoms with Crippen LogP contribution in [0.2, 0.25) is 0 Å². The molecule has 0 N–H and O–H groups in total. The first-order chi connectivity index (χ1) is 8.64. The van der Waals surface area contributed by atoms with Crippen LogP contribution in [0.3, 0.4) is 0 Å². The van der Waals surface area contributed by atoms with Gasteiger partial charge < -0.3 is 0 Å². The molecule has 0 unspecified atom stereocenters. The lowest BCUT2D eigenvalue weighted by atomic mass is 10.0. The van der Waals surface area contributed by atoms with E-state index in [0.717, 1.165) is 0 Å². The van der Waals surface area contributed by atoms with Crippen molar-refractivity contribution in [2.45, 2.75) is 18.8 Å². The van der Waals surface area contributed by atoms with Gasteiger partial charge in [0, 0.05) is 14.5 Å². The van der Waals surface area contributed by atoms with E-state index in [-0.39, 0.29) is 5.56 Å². The number of carbonyl (C=O) groups excluding carboxylic acids is 2. The number of alkyl halides is 4. The molecule has 1 aromatic rings. The molecule has 0 radical (unpaired) electrons. The van der Waals surface area contributed by atoms with Gasteiger partial charge in [-0.2, -0.15) is 8.78 Å². The zero-order valence-corrected chi connectivity index (χ0v) is 12.3. The SMILES string of the molecule is O=C(CC(=O)C(F)(F)C(F)F)c1cc(Br)cc(Br)c1. The lowest BCUT2D eigenvalue weighted by Gasteiger charge is -2.13. The van der Waals surface area contributed by atoms with Crippen molar-refractivity contribution in [2.75, 3.05) is 0 Å². The fraction of sp³-hybridized carbons (Fsp3) is 0.273. The first-order valence-corrected chi connectivity index (χ1v) is 6.41. The lowest BCUT2D eigenvalue weighted by Crippen LogP contribution is -2.37. The van der Waals surface area contributed by atoms with Crippen molar-refractivity contribution >= 4 is 43.4 Å². The molecule has 0 spiro atoms. The summed E-state index contributed by atoms with van der Waals surface area (Å²) in [5.41, 5.74) is -0.0281. The number of ketones is 2. The molecule has 8 heteroatoms. The first-order valence-electron chi connectivity index (χ1n) is 4.83. The first kappa shape index (κ1) is 16.3. The van der Waals surface area contributed by atoms with E-state index in [4.69, 9.17) is 0 Å². The highest BCUT2D eigenvalue weighted by atomic mass is 79.9. The largest absolute Gasteiger partial charge is 0.364 e. The van der Waals surface area contributed by atoms with Crippen molar-refractivity contribution in [1.29, 1.82) is 0 Å². The number of halogens is 6. The average molecular weight is 406 g/mol. The number of Topliss-reactive ketones (excluding diaryl/α,β-unsaturated/α-hetero) is 2. The van der Waals surface area contributed by atoms with Crippen LogP contribution in [0.25, 0.3) is 0 Å². The van der Waals surface area contributed by atoms with Crippen molar-refractivity contribution in [3.63, 3.8) is 0 Å². The molecular weight excluding hydrogens is 400 g/mol. The quantitative estimate of drug-likeness (QED) is 0.417. The van der Waals surface area contributed by atoms with E-state index in [0.29, 0.717) is 8.95 Å². The summed E-state index contributed by atoms with van der Waals surface area (Å²) in [6.45, 7) is 0. The highest BCUT2D eigenvalue weighted by Gasteiger charge is 2.48. The van der Waals surface area contributed by atoms with Crippen LogP contribution >= 0.6 is 31.9 Å². The van der Waals surface area contributed by atoms with Crippen LogP contribution in [0.1, 0.15) is 16.8 Å². The van der Waals surface area contributed by atoms with Crippen molar-refractivity contribution in [3.05, 3.63) is 32.7 Å². The van der Waals surface area contributed by atoms with Crippen molar-refractivity contribution < 1.29 is 27.2 Å². The summed E-state index contributed by atoms with van der Waals surface area (Å²) in [5.74, 6) is -7.85. The molecule has 1 aromatic carbocycles. The maximum Gasteiger partial charge on any atom is 0.364 e. The Morgan fingerprint density at radius 1 is 1.11 bits per heavy atom. The third-order valence-electron chi connectivity index (χ3n) is 2.15. The Balaban J connectivity index is 2.89. The van der Waals surface area contributed by atoms with Gasteiger partial charge in [0.05, 0.1) is 6.42 Å². The van der Waals surface area contributed by atoms with E-state index in [1.54, 1.807) is 6.07 Å². The number of hydrogen-bond acceptors (Lipinski definition) is 2. The Kier molecular flexibility index (Phi) is 5.26. The minimum Gasteiger partial charge on any atom is -0.294 e. The lowest BCUT2D eigenvalue weighted by molar-refractivity contribution is -0.166. The molecule has 1 rings (SSSR count). The summed E-state index contributed by atoms with van der Waals surface area (Å²) in [7, 11) is 0. The smallest absolute Gasteiger partial charge is 0.294 e. The van der Waals surface area contributed by atoms with Gasteiger partial charge in [0.15, 0.2) is 5.78 Å². The van der Waals surface area contributed by atoms with Gasteiger partial charge in [-0.25, -0.2) is 8.78 Å². The summed E-state index contributed by atoms with van der Waals surface area (Å²) < 4.78 is 50.3. The van der Waals surface area contributed by atoms with Gasteiger partial charge in [-0.15, -0.1) is 0 Å². The van der Waals surface area contributed by atoms with Gasteiger partial charge in [0.2, 0.25) is 5.78 Å². The van der Waals surface area contributed by atoms with Crippen LogP contribution in [-0.2, 0) is 4.79 Å². The molecule has 0 heterocycles. The maximum absolute atomic E-state index is 12.7. The third kappa shape index (κ3) is 4.10. The molecule has 104 valence electrons. The fourth-order valence-corrected chi connectivity index (χ4v) is 2.50. The van der Waals surface area contributed by atoms with Gasteiger partial charge >= 0.3 is 12.3 Å². The predicted octanol–water partition coefficient (Wildman–Crippen LogP) is 4.25. The Labute approximate surface area is 122 Å². The highest BCUT2D eigenvalue weighted by Crippen LogP contribution is 2.27. The Morgan fingerprint density at radius 3 is 2.00 bits per heavy atom. The summed E-state index contributed by atoms with van der Waals surface area (Å²) in [5, 5.41) is 0. The van der Waals surface area contributed by atoms with E-state index in [1.807, 2.05) is 0 Å². The molecule has 0 aliphatic rings. The van der Waals surface area contributed by atoms with Crippen molar-refractivity contribution in [2.24, 2.45) is 0 Å². The summed E-state index contributed by atoms with van der Waals surface area (Å²) in [6.07, 6.45) is -5.40. The molecule has 0 aliphatic carbocycles. The molecule has 0 amide bonds. The van der Waals surface area contributed by atoms with Crippen LogP contribution in [0, 0.1) is 0 Å². The topological polar surface area (TPSA) is 34.1 Å². The Bertz CT molecular complexity index is 497. The Hall–Kier alpha value is -0.760. The number of carbonyl (C=O) groups is 2. The monoisotopic (exact) mass is 404 g/mol. The number of hydrogen-bond donors (Lipinski definition) is 0. The van der Waals surface area contributed by atoms with Crippen LogP contribution in [0.4, 0.5) is 17.6 Å². The van der Waals surface area contributed by atoms with Crippen molar-refractivity contribution in [1.82, 2.24) is 0 Å². The number of rotatable bonds is 5. The van der Waals surface area contributed by atoms with E-state index >= 15 is 0 Å². The summed E-state index contributed by atoms with van der Waals surface area (Å²) >= 11 is 6.15. The third-order valence-corrected chi connectivity index (χ3v) is 3.07. The zero-order valence-electron chi connectivity index (χ0n) is 9.10. The highest BCUT2D eigenvalue weighted by molar-refractivity contribution is 9.11. The second-order valence-corrected chi connectivity index (χ2v) is 5.44. The molecule has 0 bridgehead atoms. The predicted molar refractivity (Wildman–Crippen MR) is 66.7 cm³/mol. The van der Waals surface area contributed by atoms with E-state index in [1.165, 1.54) is 12.1 Å². The van der Waals surface area contributed by atoms with Crippen LogP contribution < -0.4 is 0 Å². The van der Waals surface area contributed by atoms with Gasteiger partial charge in [0.25, 0.3) is 0 Å². The van der Waals surface area contributed by atoms with E-state index in [2.05, 4.69) is 31.9 Å². The molecule has 0 aliphatic heterocycles. The second-order valence-electron chi connectivity index (χ2n) is 3.60. The van der Waals surface area contributed by atoms with Crippen LogP contribution in [0.5, 0.6) is 0 Å². The number of benzene rings is 1. The molecule has 0 aromatic heterocycles. The van der Waals surface area contributed by atoms with Gasteiger partial charge in [-0.1, -0.05) is 31.9 Å².